The Morgan fingerprint density at radius 2 is 2.56 bits per heavy atom. The van der Waals surface area contributed by atoms with Gasteiger partial charge in [0.1, 0.15) is 6.10 Å². The van der Waals surface area contributed by atoms with E-state index in [1.807, 2.05) is 0 Å². The SMILES string of the molecule is O=C1CCCC(CI)O1. The van der Waals surface area contributed by atoms with Crippen LogP contribution in [0.3, 0.4) is 0 Å². The quantitative estimate of drug-likeness (QED) is 0.394. The lowest BCUT2D eigenvalue weighted by Gasteiger charge is -2.19. The highest BCUT2D eigenvalue weighted by atomic mass is 127. The first-order valence-electron chi connectivity index (χ1n) is 3.08. The Morgan fingerprint density at radius 1 is 1.78 bits per heavy atom. The molecule has 3 heteroatoms. The number of rotatable bonds is 1. The van der Waals surface area contributed by atoms with Crippen LogP contribution in [0.15, 0.2) is 0 Å². The Labute approximate surface area is 68.1 Å². The van der Waals surface area contributed by atoms with Crippen molar-refractivity contribution in [3.8, 4) is 0 Å². The maximum Gasteiger partial charge on any atom is 0.306 e. The predicted octanol–water partition coefficient (Wildman–Crippen LogP) is 1.52. The van der Waals surface area contributed by atoms with E-state index in [1.165, 1.54) is 0 Å². The first-order chi connectivity index (χ1) is 4.33. The summed E-state index contributed by atoms with van der Waals surface area (Å²) in [6.07, 6.45) is 2.88. The molecule has 0 aromatic rings. The number of hydrogen-bond acceptors (Lipinski definition) is 2. The molecule has 0 radical (unpaired) electrons. The fourth-order valence-electron chi connectivity index (χ4n) is 0.886. The minimum Gasteiger partial charge on any atom is -0.462 e. The lowest BCUT2D eigenvalue weighted by Crippen LogP contribution is -2.24. The molecule has 1 fully saturated rings. The van der Waals surface area contributed by atoms with Gasteiger partial charge in [0.15, 0.2) is 0 Å². The van der Waals surface area contributed by atoms with E-state index < -0.39 is 0 Å². The molecule has 0 aliphatic carbocycles. The molecule has 1 unspecified atom stereocenters. The van der Waals surface area contributed by atoms with E-state index >= 15 is 0 Å². The van der Waals surface area contributed by atoms with Crippen LogP contribution < -0.4 is 0 Å². The van der Waals surface area contributed by atoms with Crippen molar-refractivity contribution in [3.63, 3.8) is 0 Å². The van der Waals surface area contributed by atoms with Gasteiger partial charge in [0, 0.05) is 10.8 Å². The Hall–Kier alpha value is 0.200. The zero-order valence-electron chi connectivity index (χ0n) is 5.10. The minimum atomic E-state index is -0.0251. The third-order valence-corrected chi connectivity index (χ3v) is 2.36. The Bertz CT molecular complexity index is 114. The molecular formula is C6H9IO2. The standard InChI is InChI=1S/C6H9IO2/c7-4-5-2-1-3-6(8)9-5/h5H,1-4H2. The van der Waals surface area contributed by atoms with E-state index in [1.54, 1.807) is 0 Å². The second-order valence-corrected chi connectivity index (χ2v) is 3.04. The molecule has 0 aromatic heterocycles. The molecule has 0 saturated carbocycles. The Morgan fingerprint density at radius 3 is 3.00 bits per heavy atom. The van der Waals surface area contributed by atoms with Crippen LogP contribution in [0, 0.1) is 0 Å². The predicted molar refractivity (Wildman–Crippen MR) is 42.6 cm³/mol. The second kappa shape index (κ2) is 3.39. The summed E-state index contributed by atoms with van der Waals surface area (Å²) >= 11 is 2.24. The lowest BCUT2D eigenvalue weighted by atomic mass is 10.1. The molecule has 0 spiro atoms. The van der Waals surface area contributed by atoms with Crippen LogP contribution in [0.5, 0.6) is 0 Å². The van der Waals surface area contributed by atoms with Crippen LogP contribution in [0.4, 0.5) is 0 Å². The van der Waals surface area contributed by atoms with Crippen molar-refractivity contribution in [2.45, 2.75) is 25.4 Å². The van der Waals surface area contributed by atoms with Crippen LogP contribution in [0.2, 0.25) is 0 Å². The lowest BCUT2D eigenvalue weighted by molar-refractivity contribution is -0.151. The third-order valence-electron chi connectivity index (χ3n) is 1.38. The number of hydrogen-bond donors (Lipinski definition) is 0. The molecule has 1 aliphatic rings. The van der Waals surface area contributed by atoms with Gasteiger partial charge in [0.05, 0.1) is 0 Å². The molecule has 0 aromatic carbocycles. The smallest absolute Gasteiger partial charge is 0.306 e. The van der Waals surface area contributed by atoms with E-state index in [0.717, 1.165) is 17.3 Å². The van der Waals surface area contributed by atoms with Gasteiger partial charge in [-0.2, -0.15) is 0 Å². The summed E-state index contributed by atoms with van der Waals surface area (Å²) < 4.78 is 5.92. The first-order valence-corrected chi connectivity index (χ1v) is 4.61. The topological polar surface area (TPSA) is 26.3 Å². The van der Waals surface area contributed by atoms with Crippen LogP contribution in [0.25, 0.3) is 0 Å². The van der Waals surface area contributed by atoms with E-state index in [4.69, 9.17) is 4.74 Å². The molecule has 0 bridgehead atoms. The number of esters is 1. The fourth-order valence-corrected chi connectivity index (χ4v) is 1.51. The number of cyclic esters (lactones) is 1. The van der Waals surface area contributed by atoms with Crippen molar-refractivity contribution < 1.29 is 9.53 Å². The molecule has 1 heterocycles. The van der Waals surface area contributed by atoms with Gasteiger partial charge in [-0.25, -0.2) is 0 Å². The normalized spacial score (nSPS) is 27.7. The van der Waals surface area contributed by atoms with Crippen molar-refractivity contribution >= 4 is 28.6 Å². The summed E-state index contributed by atoms with van der Waals surface area (Å²) in [7, 11) is 0. The van der Waals surface area contributed by atoms with Gasteiger partial charge in [0.25, 0.3) is 0 Å². The zero-order chi connectivity index (χ0) is 6.69. The van der Waals surface area contributed by atoms with Crippen molar-refractivity contribution in [2.24, 2.45) is 0 Å². The maximum atomic E-state index is 10.6. The molecule has 2 nitrogen and oxygen atoms in total. The van der Waals surface area contributed by atoms with Crippen molar-refractivity contribution in [1.82, 2.24) is 0 Å². The summed E-state index contributed by atoms with van der Waals surface area (Å²) in [5, 5.41) is 0. The second-order valence-electron chi connectivity index (χ2n) is 2.16. The zero-order valence-corrected chi connectivity index (χ0v) is 7.26. The number of halogens is 1. The highest BCUT2D eigenvalue weighted by molar-refractivity contribution is 14.1. The van der Waals surface area contributed by atoms with E-state index in [9.17, 15) is 4.79 Å². The monoisotopic (exact) mass is 240 g/mol. The van der Waals surface area contributed by atoms with Crippen molar-refractivity contribution in [1.29, 1.82) is 0 Å². The average Bonchev–Trinajstić information content (AvgIpc) is 1.88. The van der Waals surface area contributed by atoms with Crippen molar-refractivity contribution in [2.75, 3.05) is 4.43 Å². The third kappa shape index (κ3) is 2.12. The molecule has 9 heavy (non-hydrogen) atoms. The van der Waals surface area contributed by atoms with E-state index in [-0.39, 0.29) is 12.1 Å². The molecule has 1 saturated heterocycles. The van der Waals surface area contributed by atoms with Gasteiger partial charge in [-0.05, 0) is 12.8 Å². The first kappa shape index (κ1) is 7.31. The van der Waals surface area contributed by atoms with Crippen molar-refractivity contribution in [3.05, 3.63) is 0 Å². The highest BCUT2D eigenvalue weighted by Crippen LogP contribution is 2.15. The van der Waals surface area contributed by atoms with Gasteiger partial charge in [-0.3, -0.25) is 4.79 Å². The average molecular weight is 240 g/mol. The Balaban J connectivity index is 2.32. The molecule has 1 atom stereocenters. The Kier molecular flexibility index (Phi) is 2.75. The van der Waals surface area contributed by atoms with Crippen LogP contribution >= 0.6 is 22.6 Å². The molecule has 0 N–H and O–H groups in total. The molecule has 52 valence electrons. The van der Waals surface area contributed by atoms with Gasteiger partial charge in [-0.1, -0.05) is 22.6 Å². The molecular weight excluding hydrogens is 231 g/mol. The number of carbonyl (C=O) groups excluding carboxylic acids is 1. The van der Waals surface area contributed by atoms with Crippen LogP contribution in [0.1, 0.15) is 19.3 Å². The maximum absolute atomic E-state index is 10.6. The molecule has 1 aliphatic heterocycles. The largest absolute Gasteiger partial charge is 0.462 e. The fraction of sp³-hybridized carbons (Fsp3) is 0.833. The van der Waals surface area contributed by atoms with Gasteiger partial charge < -0.3 is 4.74 Å². The van der Waals surface area contributed by atoms with Crippen LogP contribution in [-0.2, 0) is 9.53 Å². The number of carbonyl (C=O) groups is 1. The number of alkyl halides is 1. The highest BCUT2D eigenvalue weighted by Gasteiger charge is 2.18. The van der Waals surface area contributed by atoms with Gasteiger partial charge >= 0.3 is 5.97 Å². The van der Waals surface area contributed by atoms with Crippen LogP contribution in [-0.4, -0.2) is 16.5 Å². The minimum absolute atomic E-state index is 0.0251. The summed E-state index contributed by atoms with van der Waals surface area (Å²) in [4.78, 5) is 10.6. The van der Waals surface area contributed by atoms with Gasteiger partial charge in [0.2, 0.25) is 0 Å². The van der Waals surface area contributed by atoms with E-state index in [0.29, 0.717) is 6.42 Å². The summed E-state index contributed by atoms with van der Waals surface area (Å²) in [6, 6.07) is 0. The van der Waals surface area contributed by atoms with E-state index in [2.05, 4.69) is 22.6 Å². The summed E-state index contributed by atoms with van der Waals surface area (Å²) in [6.45, 7) is 0. The molecule has 1 rings (SSSR count). The van der Waals surface area contributed by atoms with Gasteiger partial charge in [-0.15, -0.1) is 0 Å². The molecule has 0 amide bonds. The number of ether oxygens (including phenoxy) is 1. The summed E-state index contributed by atoms with van der Waals surface area (Å²) in [5.41, 5.74) is 0. The summed E-state index contributed by atoms with van der Waals surface area (Å²) in [5.74, 6) is -0.0251.